The molecule has 2 heterocycles. The Bertz CT molecular complexity index is 408. The number of likely N-dealkylation sites (tertiary alicyclic amines) is 1. The van der Waals surface area contributed by atoms with Crippen molar-refractivity contribution in [2.24, 2.45) is 11.8 Å². The van der Waals surface area contributed by atoms with Crippen LogP contribution >= 0.6 is 0 Å². The molecule has 0 bridgehead atoms. The Kier molecular flexibility index (Phi) is 4.91. The Morgan fingerprint density at radius 3 is 2.95 bits per heavy atom. The Labute approximate surface area is 114 Å². The summed E-state index contributed by atoms with van der Waals surface area (Å²) in [5.41, 5.74) is 1.08. The molecule has 4 heteroatoms. The third-order valence-electron chi connectivity index (χ3n) is 3.90. The van der Waals surface area contributed by atoms with Gasteiger partial charge in [-0.3, -0.25) is 9.78 Å². The van der Waals surface area contributed by atoms with Crippen molar-refractivity contribution in [2.75, 3.05) is 19.6 Å². The van der Waals surface area contributed by atoms with Crippen LogP contribution in [0.5, 0.6) is 0 Å². The summed E-state index contributed by atoms with van der Waals surface area (Å²) >= 11 is 0. The lowest BCUT2D eigenvalue weighted by molar-refractivity contribution is -0.142. The van der Waals surface area contributed by atoms with Crippen molar-refractivity contribution in [2.45, 2.75) is 26.2 Å². The fourth-order valence-corrected chi connectivity index (χ4v) is 2.90. The van der Waals surface area contributed by atoms with Crippen LogP contribution in [0.25, 0.3) is 0 Å². The van der Waals surface area contributed by atoms with Crippen molar-refractivity contribution < 1.29 is 9.90 Å². The summed E-state index contributed by atoms with van der Waals surface area (Å²) < 4.78 is 0. The lowest BCUT2D eigenvalue weighted by Gasteiger charge is -2.15. The third kappa shape index (κ3) is 3.77. The number of aliphatic carboxylic acids is 1. The normalized spacial score (nSPS) is 23.6. The van der Waals surface area contributed by atoms with E-state index in [0.717, 1.165) is 38.0 Å². The molecule has 4 nitrogen and oxygen atoms in total. The van der Waals surface area contributed by atoms with Gasteiger partial charge in [0, 0.05) is 37.9 Å². The smallest absolute Gasteiger partial charge is 0.308 e. The van der Waals surface area contributed by atoms with E-state index in [9.17, 15) is 9.90 Å². The van der Waals surface area contributed by atoms with Crippen molar-refractivity contribution in [3.05, 3.63) is 30.1 Å². The van der Waals surface area contributed by atoms with E-state index < -0.39 is 5.97 Å². The Balaban J connectivity index is 1.87. The van der Waals surface area contributed by atoms with Crippen LogP contribution in [0.2, 0.25) is 0 Å². The molecule has 1 fully saturated rings. The van der Waals surface area contributed by atoms with Gasteiger partial charge in [-0.1, -0.05) is 19.4 Å². The first-order valence-electron chi connectivity index (χ1n) is 7.05. The number of rotatable bonds is 6. The second-order valence-electron chi connectivity index (χ2n) is 5.32. The van der Waals surface area contributed by atoms with Crippen molar-refractivity contribution in [3.63, 3.8) is 0 Å². The fourth-order valence-electron chi connectivity index (χ4n) is 2.90. The monoisotopic (exact) mass is 262 g/mol. The van der Waals surface area contributed by atoms with E-state index in [4.69, 9.17) is 0 Å². The first kappa shape index (κ1) is 14.0. The van der Waals surface area contributed by atoms with Crippen LogP contribution in [-0.2, 0) is 11.2 Å². The number of carboxylic acid groups (broad SMARTS) is 1. The van der Waals surface area contributed by atoms with Gasteiger partial charge in [0.15, 0.2) is 0 Å². The fraction of sp³-hybridized carbons (Fsp3) is 0.600. The zero-order valence-electron chi connectivity index (χ0n) is 11.5. The third-order valence-corrected chi connectivity index (χ3v) is 3.90. The Hall–Kier alpha value is -1.42. The molecule has 0 amide bonds. The van der Waals surface area contributed by atoms with Gasteiger partial charge in [0.1, 0.15) is 0 Å². The van der Waals surface area contributed by atoms with Crippen LogP contribution in [0.3, 0.4) is 0 Å². The molecule has 1 aromatic heterocycles. The second-order valence-corrected chi connectivity index (χ2v) is 5.32. The standard InChI is InChI=1S/C15H22N2O2/c1-2-5-12-10-17(11-14(12)15(18)19)9-7-13-6-3-4-8-16-13/h3-4,6,8,12,14H,2,5,7,9-11H2,1H3,(H,18,19)/t12-,14-/m1/s1. The highest BCUT2D eigenvalue weighted by molar-refractivity contribution is 5.71. The lowest BCUT2D eigenvalue weighted by Crippen LogP contribution is -2.25. The maximum atomic E-state index is 11.3. The molecule has 104 valence electrons. The SMILES string of the molecule is CCC[C@@H]1CN(CCc2ccccn2)C[C@H]1C(=O)O. The minimum Gasteiger partial charge on any atom is -0.481 e. The summed E-state index contributed by atoms with van der Waals surface area (Å²) in [4.78, 5) is 17.8. The number of hydrogen-bond acceptors (Lipinski definition) is 3. The topological polar surface area (TPSA) is 53.4 Å². The Morgan fingerprint density at radius 2 is 2.32 bits per heavy atom. The minimum atomic E-state index is -0.640. The average Bonchev–Trinajstić information content (AvgIpc) is 2.81. The highest BCUT2D eigenvalue weighted by Gasteiger charge is 2.36. The van der Waals surface area contributed by atoms with E-state index in [1.807, 2.05) is 18.2 Å². The molecule has 2 rings (SSSR count). The molecule has 0 spiro atoms. The molecule has 1 aliphatic heterocycles. The van der Waals surface area contributed by atoms with Crippen LogP contribution < -0.4 is 0 Å². The first-order valence-corrected chi connectivity index (χ1v) is 7.05. The van der Waals surface area contributed by atoms with Crippen LogP contribution in [0.4, 0.5) is 0 Å². The first-order chi connectivity index (χ1) is 9.20. The predicted molar refractivity (Wildman–Crippen MR) is 73.9 cm³/mol. The summed E-state index contributed by atoms with van der Waals surface area (Å²) in [5, 5.41) is 9.27. The van der Waals surface area contributed by atoms with E-state index >= 15 is 0 Å². The maximum absolute atomic E-state index is 11.3. The molecule has 0 saturated carbocycles. The number of nitrogens with zero attached hydrogens (tertiary/aromatic N) is 2. The summed E-state index contributed by atoms with van der Waals surface area (Å²) in [5.74, 6) is -0.520. The molecule has 0 aromatic carbocycles. The van der Waals surface area contributed by atoms with E-state index in [2.05, 4.69) is 16.8 Å². The molecular weight excluding hydrogens is 240 g/mol. The summed E-state index contributed by atoms with van der Waals surface area (Å²) in [6.45, 7) is 4.63. The molecule has 0 aliphatic carbocycles. The second kappa shape index (κ2) is 6.66. The summed E-state index contributed by atoms with van der Waals surface area (Å²) in [7, 11) is 0. The highest BCUT2D eigenvalue weighted by Crippen LogP contribution is 2.27. The van der Waals surface area contributed by atoms with Gasteiger partial charge in [-0.2, -0.15) is 0 Å². The van der Waals surface area contributed by atoms with Gasteiger partial charge < -0.3 is 10.0 Å². The van der Waals surface area contributed by atoms with Gasteiger partial charge in [-0.25, -0.2) is 0 Å². The summed E-state index contributed by atoms with van der Waals surface area (Å²) in [6, 6.07) is 5.93. The van der Waals surface area contributed by atoms with E-state index in [1.54, 1.807) is 6.20 Å². The van der Waals surface area contributed by atoms with Gasteiger partial charge in [0.25, 0.3) is 0 Å². The van der Waals surface area contributed by atoms with Crippen LogP contribution in [0.15, 0.2) is 24.4 Å². The zero-order valence-corrected chi connectivity index (χ0v) is 11.5. The number of carbonyl (C=O) groups is 1. The van der Waals surface area contributed by atoms with Gasteiger partial charge in [-0.15, -0.1) is 0 Å². The summed E-state index contributed by atoms with van der Waals surface area (Å²) in [6.07, 6.45) is 4.77. The molecule has 0 radical (unpaired) electrons. The number of hydrogen-bond donors (Lipinski definition) is 1. The quantitative estimate of drug-likeness (QED) is 0.852. The Morgan fingerprint density at radius 1 is 1.47 bits per heavy atom. The largest absolute Gasteiger partial charge is 0.481 e. The molecule has 1 N–H and O–H groups in total. The maximum Gasteiger partial charge on any atom is 0.308 e. The molecule has 2 atom stereocenters. The molecule has 1 aliphatic rings. The van der Waals surface area contributed by atoms with E-state index in [1.165, 1.54) is 0 Å². The number of carboxylic acids is 1. The van der Waals surface area contributed by atoms with Crippen molar-refractivity contribution in [3.8, 4) is 0 Å². The molecule has 0 unspecified atom stereocenters. The van der Waals surface area contributed by atoms with Crippen molar-refractivity contribution >= 4 is 5.97 Å². The number of aromatic nitrogens is 1. The van der Waals surface area contributed by atoms with Crippen LogP contribution in [-0.4, -0.2) is 40.6 Å². The zero-order chi connectivity index (χ0) is 13.7. The molecule has 1 aromatic rings. The van der Waals surface area contributed by atoms with Crippen LogP contribution in [0.1, 0.15) is 25.5 Å². The van der Waals surface area contributed by atoms with E-state index in [-0.39, 0.29) is 5.92 Å². The molecular formula is C15H22N2O2. The van der Waals surface area contributed by atoms with Gasteiger partial charge >= 0.3 is 5.97 Å². The highest BCUT2D eigenvalue weighted by atomic mass is 16.4. The van der Waals surface area contributed by atoms with Crippen molar-refractivity contribution in [1.82, 2.24) is 9.88 Å². The van der Waals surface area contributed by atoms with Crippen molar-refractivity contribution in [1.29, 1.82) is 0 Å². The predicted octanol–water partition coefficient (Wildman–Crippen LogP) is 2.06. The number of pyridine rings is 1. The average molecular weight is 262 g/mol. The molecule has 1 saturated heterocycles. The van der Waals surface area contributed by atoms with E-state index in [0.29, 0.717) is 12.5 Å². The van der Waals surface area contributed by atoms with Crippen LogP contribution in [0, 0.1) is 11.8 Å². The van der Waals surface area contributed by atoms with Gasteiger partial charge in [0.2, 0.25) is 0 Å². The molecule has 19 heavy (non-hydrogen) atoms. The minimum absolute atomic E-state index is 0.191. The lowest BCUT2D eigenvalue weighted by atomic mass is 9.92. The van der Waals surface area contributed by atoms with Gasteiger partial charge in [0.05, 0.1) is 5.92 Å². The van der Waals surface area contributed by atoms with Gasteiger partial charge in [-0.05, 0) is 24.5 Å².